The summed E-state index contributed by atoms with van der Waals surface area (Å²) < 4.78 is 0. The molecule has 0 fully saturated rings. The molecule has 2 nitrogen and oxygen atoms in total. The molecule has 0 aliphatic carbocycles. The van der Waals surface area contributed by atoms with Crippen molar-refractivity contribution in [3.05, 3.63) is 89.3 Å². The van der Waals surface area contributed by atoms with Crippen LogP contribution >= 0.6 is 0 Å². The second kappa shape index (κ2) is 5.97. The number of hydrogen-bond donors (Lipinski definition) is 2. The first-order valence-corrected chi connectivity index (χ1v) is 9.34. The molecule has 2 heteroatoms. The molecule has 0 saturated heterocycles. The van der Waals surface area contributed by atoms with Crippen molar-refractivity contribution in [2.24, 2.45) is 0 Å². The van der Waals surface area contributed by atoms with Crippen LogP contribution in [0.4, 0.5) is 0 Å². The lowest BCUT2D eigenvalue weighted by molar-refractivity contribution is 0.221. The van der Waals surface area contributed by atoms with E-state index in [0.29, 0.717) is 0 Å². The number of hydrogen-bond acceptors (Lipinski definition) is 1. The van der Waals surface area contributed by atoms with E-state index in [4.69, 9.17) is 0 Å². The molecular weight excluding hydrogens is 330 g/mol. The number of aliphatic hydroxyl groups is 1. The van der Waals surface area contributed by atoms with E-state index < -0.39 is 6.10 Å². The zero-order chi connectivity index (χ0) is 18.5. The highest BCUT2D eigenvalue weighted by Gasteiger charge is 2.20. The van der Waals surface area contributed by atoms with Crippen LogP contribution in [0.2, 0.25) is 0 Å². The Morgan fingerprint density at radius 3 is 2.26 bits per heavy atom. The minimum Gasteiger partial charge on any atom is -0.384 e. The van der Waals surface area contributed by atoms with E-state index in [1.54, 1.807) is 0 Å². The fourth-order valence-corrected chi connectivity index (χ4v) is 4.32. The molecule has 2 N–H and O–H groups in total. The third-order valence-corrected chi connectivity index (χ3v) is 5.71. The number of H-pyrrole nitrogens is 1. The van der Waals surface area contributed by atoms with Crippen molar-refractivity contribution < 1.29 is 5.11 Å². The standard InChI is InChI=1S/C25H21NO/c1-3-5-22-15(2)21(14-26-22)25(27)20-13-11-18-9-8-16-6-4-7-17-10-12-19(20)24(18)23(16)17/h3-14,25-27H,1-2H3/b5-3-. The van der Waals surface area contributed by atoms with Crippen LogP contribution in [0.1, 0.15) is 35.4 Å². The van der Waals surface area contributed by atoms with Gasteiger partial charge >= 0.3 is 0 Å². The monoisotopic (exact) mass is 351 g/mol. The molecule has 27 heavy (non-hydrogen) atoms. The molecule has 0 saturated carbocycles. The summed E-state index contributed by atoms with van der Waals surface area (Å²) in [4.78, 5) is 3.28. The molecular formula is C25H21NO. The van der Waals surface area contributed by atoms with Crippen LogP contribution in [0.5, 0.6) is 0 Å². The minimum atomic E-state index is -0.662. The average molecular weight is 351 g/mol. The molecule has 132 valence electrons. The van der Waals surface area contributed by atoms with Gasteiger partial charge in [-0.3, -0.25) is 0 Å². The van der Waals surface area contributed by atoms with E-state index >= 15 is 0 Å². The van der Waals surface area contributed by atoms with Crippen LogP contribution < -0.4 is 0 Å². The summed E-state index contributed by atoms with van der Waals surface area (Å²) in [6.45, 7) is 4.05. The lowest BCUT2D eigenvalue weighted by atomic mass is 9.89. The van der Waals surface area contributed by atoms with Crippen molar-refractivity contribution in [1.82, 2.24) is 4.98 Å². The van der Waals surface area contributed by atoms with Gasteiger partial charge in [-0.05, 0) is 63.4 Å². The van der Waals surface area contributed by atoms with E-state index in [-0.39, 0.29) is 0 Å². The zero-order valence-corrected chi connectivity index (χ0v) is 15.5. The first kappa shape index (κ1) is 16.1. The summed E-state index contributed by atoms with van der Waals surface area (Å²) in [5, 5.41) is 18.6. The first-order chi connectivity index (χ1) is 13.2. The summed E-state index contributed by atoms with van der Waals surface area (Å²) >= 11 is 0. The molecule has 4 aromatic carbocycles. The topological polar surface area (TPSA) is 36.0 Å². The van der Waals surface area contributed by atoms with Crippen LogP contribution in [-0.4, -0.2) is 10.1 Å². The van der Waals surface area contributed by atoms with Crippen LogP contribution in [0.25, 0.3) is 38.4 Å². The Bertz CT molecular complexity index is 1290. The Balaban J connectivity index is 1.78. The molecule has 0 amide bonds. The van der Waals surface area contributed by atoms with Crippen molar-refractivity contribution in [3.63, 3.8) is 0 Å². The van der Waals surface area contributed by atoms with Crippen LogP contribution in [0.15, 0.2) is 66.9 Å². The molecule has 0 radical (unpaired) electrons. The van der Waals surface area contributed by atoms with E-state index in [1.165, 1.54) is 26.9 Å². The van der Waals surface area contributed by atoms with E-state index in [0.717, 1.165) is 27.8 Å². The molecule has 0 aliphatic rings. The molecule has 1 heterocycles. The Kier molecular flexibility index (Phi) is 3.56. The van der Waals surface area contributed by atoms with Gasteiger partial charge in [-0.15, -0.1) is 0 Å². The largest absolute Gasteiger partial charge is 0.384 e. The number of aromatic amines is 1. The minimum absolute atomic E-state index is 0.662. The van der Waals surface area contributed by atoms with Crippen LogP contribution in [0.3, 0.4) is 0 Å². The van der Waals surface area contributed by atoms with Gasteiger partial charge in [0.15, 0.2) is 0 Å². The molecule has 1 unspecified atom stereocenters. The predicted molar refractivity (Wildman–Crippen MR) is 114 cm³/mol. The quantitative estimate of drug-likeness (QED) is 0.366. The number of benzene rings is 4. The van der Waals surface area contributed by atoms with Gasteiger partial charge in [0, 0.05) is 17.5 Å². The lowest BCUT2D eigenvalue weighted by Gasteiger charge is -2.17. The van der Waals surface area contributed by atoms with Crippen molar-refractivity contribution in [2.75, 3.05) is 0 Å². The maximum Gasteiger partial charge on any atom is 0.106 e. The summed E-state index contributed by atoms with van der Waals surface area (Å²) in [6, 6.07) is 19.3. The Labute approximate surface area is 158 Å². The second-order valence-electron chi connectivity index (χ2n) is 7.20. The van der Waals surface area contributed by atoms with Gasteiger partial charge in [-0.25, -0.2) is 0 Å². The van der Waals surface area contributed by atoms with Gasteiger partial charge in [0.2, 0.25) is 0 Å². The number of allylic oxidation sites excluding steroid dienone is 1. The summed E-state index contributed by atoms with van der Waals surface area (Å²) in [6.07, 6.45) is 5.30. The Morgan fingerprint density at radius 1 is 0.852 bits per heavy atom. The molecule has 5 rings (SSSR count). The molecule has 1 aromatic heterocycles. The van der Waals surface area contributed by atoms with Gasteiger partial charge in [-0.2, -0.15) is 0 Å². The first-order valence-electron chi connectivity index (χ1n) is 9.34. The van der Waals surface area contributed by atoms with E-state index in [1.807, 2.05) is 25.3 Å². The molecule has 5 aromatic rings. The van der Waals surface area contributed by atoms with Gasteiger partial charge in [-0.1, -0.05) is 60.7 Å². The lowest BCUT2D eigenvalue weighted by Crippen LogP contribution is -2.01. The van der Waals surface area contributed by atoms with Crippen molar-refractivity contribution in [3.8, 4) is 0 Å². The average Bonchev–Trinajstić information content (AvgIpc) is 3.06. The Morgan fingerprint density at radius 2 is 1.52 bits per heavy atom. The summed E-state index contributed by atoms with van der Waals surface area (Å²) in [5.74, 6) is 0. The third-order valence-electron chi connectivity index (χ3n) is 5.71. The maximum atomic E-state index is 11.2. The van der Waals surface area contributed by atoms with Gasteiger partial charge in [0.25, 0.3) is 0 Å². The van der Waals surface area contributed by atoms with Crippen LogP contribution in [-0.2, 0) is 0 Å². The number of rotatable bonds is 3. The highest BCUT2D eigenvalue weighted by atomic mass is 16.3. The molecule has 0 spiro atoms. The Hall–Kier alpha value is -3.10. The highest BCUT2D eigenvalue weighted by molar-refractivity contribution is 6.23. The number of nitrogens with one attached hydrogen (secondary N) is 1. The second-order valence-corrected chi connectivity index (χ2v) is 7.20. The molecule has 0 bridgehead atoms. The predicted octanol–water partition coefficient (Wildman–Crippen LogP) is 6.34. The zero-order valence-electron chi connectivity index (χ0n) is 15.5. The summed E-state index contributed by atoms with van der Waals surface area (Å²) in [7, 11) is 0. The van der Waals surface area contributed by atoms with Crippen molar-refractivity contribution in [2.45, 2.75) is 20.0 Å². The normalized spacial score (nSPS) is 13.4. The van der Waals surface area contributed by atoms with Gasteiger partial charge in [0.1, 0.15) is 6.10 Å². The third kappa shape index (κ3) is 2.30. The maximum absolute atomic E-state index is 11.2. The summed E-state index contributed by atoms with van der Waals surface area (Å²) in [5.41, 5.74) is 4.02. The van der Waals surface area contributed by atoms with Gasteiger partial charge < -0.3 is 10.1 Å². The number of aliphatic hydroxyl groups excluding tert-OH is 1. The van der Waals surface area contributed by atoms with E-state index in [9.17, 15) is 5.11 Å². The molecule has 0 aliphatic heterocycles. The smallest absolute Gasteiger partial charge is 0.106 e. The van der Waals surface area contributed by atoms with Crippen LogP contribution in [0, 0.1) is 6.92 Å². The SMILES string of the molecule is C/C=C\c1[nH]cc(C(O)c2ccc3ccc4cccc5ccc2c3c45)c1C. The van der Waals surface area contributed by atoms with E-state index in [2.05, 4.69) is 66.5 Å². The van der Waals surface area contributed by atoms with Gasteiger partial charge in [0.05, 0.1) is 0 Å². The number of aromatic nitrogens is 1. The highest BCUT2D eigenvalue weighted by Crippen LogP contribution is 2.39. The molecule has 1 atom stereocenters. The fraction of sp³-hybridized carbons (Fsp3) is 0.120. The van der Waals surface area contributed by atoms with Crippen molar-refractivity contribution in [1.29, 1.82) is 0 Å². The fourth-order valence-electron chi connectivity index (χ4n) is 4.32. The van der Waals surface area contributed by atoms with Crippen molar-refractivity contribution >= 4 is 38.4 Å².